The van der Waals surface area contributed by atoms with Crippen LogP contribution in [-0.4, -0.2) is 41.0 Å². The molecular weight excluding hydrogens is 454 g/mol. The highest BCUT2D eigenvalue weighted by Gasteiger charge is 2.19. The number of fused-ring (bicyclic) bond motifs is 1. The van der Waals surface area contributed by atoms with Crippen LogP contribution in [0.15, 0.2) is 58.7 Å². The third-order valence-corrected chi connectivity index (χ3v) is 7.18. The van der Waals surface area contributed by atoms with Crippen molar-refractivity contribution in [1.29, 1.82) is 5.26 Å². The van der Waals surface area contributed by atoms with Gasteiger partial charge in [-0.1, -0.05) is 29.8 Å². The van der Waals surface area contributed by atoms with Crippen LogP contribution in [0.25, 0.3) is 21.3 Å². The predicted molar refractivity (Wildman–Crippen MR) is 134 cm³/mol. The van der Waals surface area contributed by atoms with E-state index >= 15 is 0 Å². The fourth-order valence-corrected chi connectivity index (χ4v) is 5.49. The number of aromatic amines is 1. The molecule has 0 spiro atoms. The van der Waals surface area contributed by atoms with Crippen LogP contribution in [0.3, 0.4) is 0 Å². The molecule has 33 heavy (non-hydrogen) atoms. The highest BCUT2D eigenvalue weighted by molar-refractivity contribution is 7.17. The van der Waals surface area contributed by atoms with Crippen molar-refractivity contribution in [3.05, 3.63) is 80.7 Å². The quantitative estimate of drug-likeness (QED) is 0.455. The van der Waals surface area contributed by atoms with Crippen LogP contribution >= 0.6 is 22.9 Å². The van der Waals surface area contributed by atoms with Gasteiger partial charge in [-0.05, 0) is 36.8 Å². The predicted octanol–water partition coefficient (Wildman–Crippen LogP) is 4.89. The van der Waals surface area contributed by atoms with E-state index in [4.69, 9.17) is 21.8 Å². The zero-order valence-corrected chi connectivity index (χ0v) is 19.5. The van der Waals surface area contributed by atoms with E-state index in [1.807, 2.05) is 53.9 Å². The lowest BCUT2D eigenvalue weighted by Crippen LogP contribution is -2.31. The lowest BCUT2D eigenvalue weighted by molar-refractivity contribution is 0.278. The summed E-state index contributed by atoms with van der Waals surface area (Å²) < 4.78 is 0. The van der Waals surface area contributed by atoms with Crippen LogP contribution in [0.1, 0.15) is 17.8 Å². The number of benzene rings is 2. The van der Waals surface area contributed by atoms with Gasteiger partial charge < -0.3 is 9.88 Å². The zero-order chi connectivity index (χ0) is 22.8. The molecule has 1 N–H and O–H groups in total. The minimum Gasteiger partial charge on any atom is -0.370 e. The van der Waals surface area contributed by atoms with Crippen LogP contribution < -0.4 is 10.5 Å². The Morgan fingerprint density at radius 1 is 1.06 bits per heavy atom. The molecule has 6 nitrogen and oxygen atoms in total. The normalized spacial score (nSPS) is 14.8. The van der Waals surface area contributed by atoms with Crippen molar-refractivity contribution in [1.82, 2.24) is 14.9 Å². The summed E-state index contributed by atoms with van der Waals surface area (Å²) in [6, 6.07) is 17.5. The van der Waals surface area contributed by atoms with Crippen LogP contribution in [0.5, 0.6) is 0 Å². The first-order valence-corrected chi connectivity index (χ1v) is 12.1. The average Bonchev–Trinajstić information content (AvgIpc) is 3.12. The largest absolute Gasteiger partial charge is 0.370 e. The van der Waals surface area contributed by atoms with Gasteiger partial charge in [-0.25, -0.2) is 4.98 Å². The molecule has 5 rings (SSSR count). The topological polar surface area (TPSA) is 76.0 Å². The van der Waals surface area contributed by atoms with E-state index in [1.54, 1.807) is 0 Å². The van der Waals surface area contributed by atoms with Gasteiger partial charge in [-0.3, -0.25) is 9.69 Å². The molecule has 0 saturated carbocycles. The summed E-state index contributed by atoms with van der Waals surface area (Å²) in [7, 11) is 0. The molecule has 0 unspecified atom stereocenters. The van der Waals surface area contributed by atoms with Crippen molar-refractivity contribution in [2.75, 3.05) is 31.1 Å². The number of H-pyrrole nitrogens is 1. The lowest BCUT2D eigenvalue weighted by atomic mass is 10.1. The summed E-state index contributed by atoms with van der Waals surface area (Å²) in [5.74, 6) is 0.687. The second-order valence-electron chi connectivity index (χ2n) is 8.10. The van der Waals surface area contributed by atoms with E-state index < -0.39 is 0 Å². The van der Waals surface area contributed by atoms with Gasteiger partial charge in [-0.15, -0.1) is 11.3 Å². The highest BCUT2D eigenvalue weighted by atomic mass is 35.5. The summed E-state index contributed by atoms with van der Waals surface area (Å²) in [6.45, 7) is 4.25. The molecule has 1 fully saturated rings. The van der Waals surface area contributed by atoms with Gasteiger partial charge in [-0.2, -0.15) is 5.26 Å². The Balaban J connectivity index is 1.33. The van der Waals surface area contributed by atoms with Gasteiger partial charge in [0.2, 0.25) is 0 Å². The van der Waals surface area contributed by atoms with Crippen LogP contribution in [0.2, 0.25) is 5.02 Å². The molecule has 0 aliphatic carbocycles. The number of nitrogens with zero attached hydrogens (tertiary/aromatic N) is 4. The molecule has 0 bridgehead atoms. The van der Waals surface area contributed by atoms with E-state index in [1.165, 1.54) is 11.3 Å². The second kappa shape index (κ2) is 9.36. The summed E-state index contributed by atoms with van der Waals surface area (Å²) in [6.07, 6.45) is 1.02. The van der Waals surface area contributed by atoms with Crippen molar-refractivity contribution in [2.45, 2.75) is 13.0 Å². The number of thiophene rings is 1. The molecule has 3 heterocycles. The molecule has 0 amide bonds. The molecule has 2 aromatic heterocycles. The van der Waals surface area contributed by atoms with Gasteiger partial charge in [0.1, 0.15) is 10.7 Å². The number of anilines is 1. The van der Waals surface area contributed by atoms with Crippen LogP contribution in [0.4, 0.5) is 5.69 Å². The maximum Gasteiger partial charge on any atom is 0.260 e. The Kier molecular flexibility index (Phi) is 6.14. The molecule has 0 atom stereocenters. The fourth-order valence-electron chi connectivity index (χ4n) is 4.29. The average molecular weight is 476 g/mol. The minimum absolute atomic E-state index is 0.125. The second-order valence-corrected chi connectivity index (χ2v) is 9.36. The maximum atomic E-state index is 13.0. The first-order chi connectivity index (χ1) is 16.1. The third kappa shape index (κ3) is 4.51. The van der Waals surface area contributed by atoms with E-state index in [0.717, 1.165) is 54.2 Å². The SMILES string of the molecule is N#Cc1ccc(N2CCCN(Cc3nc4scc(-c5ccccc5Cl)c4c(=O)[nH]3)CC2)cc1. The molecule has 166 valence electrons. The summed E-state index contributed by atoms with van der Waals surface area (Å²) in [4.78, 5) is 26.2. The molecular formula is C25H22ClN5OS. The molecule has 0 radical (unpaired) electrons. The number of nitriles is 1. The first kappa shape index (κ1) is 21.7. The van der Waals surface area contributed by atoms with Crippen molar-refractivity contribution in [2.24, 2.45) is 0 Å². The monoisotopic (exact) mass is 475 g/mol. The Morgan fingerprint density at radius 3 is 2.67 bits per heavy atom. The summed E-state index contributed by atoms with van der Waals surface area (Å²) in [5, 5.41) is 12.2. The Bertz CT molecular complexity index is 1390. The molecule has 8 heteroatoms. The summed E-state index contributed by atoms with van der Waals surface area (Å²) in [5.41, 5.74) is 3.36. The van der Waals surface area contributed by atoms with Gasteiger partial charge in [0.05, 0.1) is 23.6 Å². The van der Waals surface area contributed by atoms with Gasteiger partial charge >= 0.3 is 0 Å². The molecule has 4 aromatic rings. The van der Waals surface area contributed by atoms with E-state index in [0.29, 0.717) is 28.3 Å². The van der Waals surface area contributed by atoms with Crippen molar-refractivity contribution in [3.8, 4) is 17.2 Å². The Labute approximate surface area is 200 Å². The van der Waals surface area contributed by atoms with E-state index in [9.17, 15) is 4.79 Å². The lowest BCUT2D eigenvalue weighted by Gasteiger charge is -2.23. The van der Waals surface area contributed by atoms with E-state index in [-0.39, 0.29) is 5.56 Å². The molecule has 2 aromatic carbocycles. The fraction of sp³-hybridized carbons (Fsp3) is 0.240. The van der Waals surface area contributed by atoms with Crippen LogP contribution in [-0.2, 0) is 6.54 Å². The maximum absolute atomic E-state index is 13.0. The number of halogens is 1. The number of aromatic nitrogens is 2. The molecule has 1 aliphatic rings. The number of nitrogens with one attached hydrogen (secondary N) is 1. The first-order valence-electron chi connectivity index (χ1n) is 10.8. The standard InChI is InChI=1S/C25H22ClN5OS/c26-21-5-2-1-4-19(21)20-16-33-25-23(20)24(32)28-22(29-25)15-30-10-3-11-31(13-12-30)18-8-6-17(14-27)7-9-18/h1-2,4-9,16H,3,10-13,15H2,(H,28,29,32). The Hall–Kier alpha value is -3.18. The highest BCUT2D eigenvalue weighted by Crippen LogP contribution is 2.34. The van der Waals surface area contributed by atoms with Crippen molar-refractivity contribution < 1.29 is 0 Å². The van der Waals surface area contributed by atoms with Gasteiger partial charge in [0.15, 0.2) is 0 Å². The number of hydrogen-bond donors (Lipinski definition) is 1. The third-order valence-electron chi connectivity index (χ3n) is 5.98. The van der Waals surface area contributed by atoms with Crippen molar-refractivity contribution >= 4 is 38.8 Å². The zero-order valence-electron chi connectivity index (χ0n) is 17.9. The minimum atomic E-state index is -0.125. The Morgan fingerprint density at radius 2 is 1.88 bits per heavy atom. The van der Waals surface area contributed by atoms with Gasteiger partial charge in [0, 0.05) is 53.4 Å². The van der Waals surface area contributed by atoms with Gasteiger partial charge in [0.25, 0.3) is 5.56 Å². The number of rotatable bonds is 4. The summed E-state index contributed by atoms with van der Waals surface area (Å²) >= 11 is 7.84. The smallest absolute Gasteiger partial charge is 0.260 e. The number of hydrogen-bond acceptors (Lipinski definition) is 6. The molecule has 1 saturated heterocycles. The van der Waals surface area contributed by atoms with E-state index in [2.05, 4.69) is 20.9 Å². The molecule has 1 aliphatic heterocycles. The van der Waals surface area contributed by atoms with Crippen molar-refractivity contribution in [3.63, 3.8) is 0 Å². The van der Waals surface area contributed by atoms with Crippen LogP contribution in [0, 0.1) is 11.3 Å².